The van der Waals surface area contributed by atoms with Gasteiger partial charge in [-0.25, -0.2) is 23.7 Å². The van der Waals surface area contributed by atoms with E-state index < -0.39 is 18.0 Å². The molecule has 0 saturated heterocycles. The summed E-state index contributed by atoms with van der Waals surface area (Å²) in [5.41, 5.74) is 8.50. The first-order valence-corrected chi connectivity index (χ1v) is 9.19. The van der Waals surface area contributed by atoms with Crippen molar-refractivity contribution in [3.8, 4) is 11.3 Å². The number of nitrogens with two attached hydrogens (primary N) is 1. The Morgan fingerprint density at radius 1 is 1.21 bits per heavy atom. The van der Waals surface area contributed by atoms with Gasteiger partial charge < -0.3 is 16.2 Å². The summed E-state index contributed by atoms with van der Waals surface area (Å²) in [6.45, 7) is 2.90. The molecule has 9 heteroatoms. The fourth-order valence-electron chi connectivity index (χ4n) is 3.21. The quantitative estimate of drug-likeness (QED) is 0.568. The van der Waals surface area contributed by atoms with Crippen LogP contribution in [0, 0.1) is 11.6 Å². The van der Waals surface area contributed by atoms with E-state index in [9.17, 15) is 13.9 Å². The molecule has 1 atom stereocenters. The number of hydrogen-bond donors (Lipinski definition) is 3. The van der Waals surface area contributed by atoms with Gasteiger partial charge >= 0.3 is 0 Å². The van der Waals surface area contributed by atoms with Crippen LogP contribution in [0.3, 0.4) is 0 Å². The largest absolute Gasteiger partial charge is 0.396 e. The minimum atomic E-state index is -1.09. The van der Waals surface area contributed by atoms with Crippen molar-refractivity contribution in [2.45, 2.75) is 32.8 Å². The van der Waals surface area contributed by atoms with Gasteiger partial charge in [-0.1, -0.05) is 6.92 Å². The monoisotopic (exact) mass is 398 g/mol. The predicted octanol–water partition coefficient (Wildman–Crippen LogP) is 2.67. The van der Waals surface area contributed by atoms with Gasteiger partial charge in [0.1, 0.15) is 17.5 Å². The number of nitrogens with one attached hydrogen (secondary N) is 1. The van der Waals surface area contributed by atoms with Crippen LogP contribution in [0.15, 0.2) is 36.5 Å². The van der Waals surface area contributed by atoms with Gasteiger partial charge in [0.2, 0.25) is 0 Å². The maximum atomic E-state index is 14.1. The Hall–Kier alpha value is -3.17. The van der Waals surface area contributed by atoms with E-state index in [1.807, 2.05) is 6.92 Å². The number of nitrogens with zero attached hydrogens (tertiary/aromatic N) is 4. The molecule has 0 amide bonds. The molecule has 4 N–H and O–H groups in total. The zero-order valence-electron chi connectivity index (χ0n) is 15.7. The van der Waals surface area contributed by atoms with E-state index in [2.05, 4.69) is 20.3 Å². The zero-order valence-corrected chi connectivity index (χ0v) is 15.7. The van der Waals surface area contributed by atoms with Gasteiger partial charge in [0.15, 0.2) is 12.2 Å². The number of aliphatic hydroxyl groups excluding tert-OH is 1. The van der Waals surface area contributed by atoms with Gasteiger partial charge in [-0.3, -0.25) is 4.90 Å². The van der Waals surface area contributed by atoms with Gasteiger partial charge in [-0.2, -0.15) is 0 Å². The summed E-state index contributed by atoms with van der Waals surface area (Å²) < 4.78 is 27.3. The van der Waals surface area contributed by atoms with Crippen molar-refractivity contribution < 1.29 is 13.9 Å². The summed E-state index contributed by atoms with van der Waals surface area (Å²) in [7, 11) is 0. The number of nitrogen functional groups attached to an aromatic ring is 1. The molecule has 0 saturated carbocycles. The highest BCUT2D eigenvalue weighted by Gasteiger charge is 2.27. The van der Waals surface area contributed by atoms with Crippen LogP contribution in [-0.4, -0.2) is 31.3 Å². The van der Waals surface area contributed by atoms with E-state index in [1.165, 1.54) is 12.1 Å². The number of rotatable bonds is 5. The number of benzene rings is 1. The number of aromatic nitrogens is 3. The SMILES string of the molecule is CCc1ncc2c(n1)CN(C(O)Nc1nc(-c3ccc(F)cc3F)ccc1N)C2. The number of anilines is 2. The molecule has 7 nitrogen and oxygen atoms in total. The van der Waals surface area contributed by atoms with Crippen molar-refractivity contribution in [1.29, 1.82) is 0 Å². The van der Waals surface area contributed by atoms with Gasteiger partial charge in [0.05, 0.1) is 17.1 Å². The van der Waals surface area contributed by atoms with Gasteiger partial charge in [0.25, 0.3) is 0 Å². The number of fused-ring (bicyclic) bond motifs is 1. The third kappa shape index (κ3) is 3.87. The van der Waals surface area contributed by atoms with Crippen LogP contribution in [0.1, 0.15) is 24.0 Å². The van der Waals surface area contributed by atoms with Gasteiger partial charge in [-0.05, 0) is 24.3 Å². The molecule has 0 bridgehead atoms. The average molecular weight is 398 g/mol. The van der Waals surface area contributed by atoms with Crippen LogP contribution in [-0.2, 0) is 19.5 Å². The molecule has 0 aliphatic carbocycles. The maximum absolute atomic E-state index is 14.1. The van der Waals surface area contributed by atoms with E-state index in [-0.39, 0.29) is 17.1 Å². The van der Waals surface area contributed by atoms with E-state index >= 15 is 0 Å². The number of hydrogen-bond acceptors (Lipinski definition) is 7. The Balaban J connectivity index is 1.53. The normalized spacial score (nSPS) is 14.6. The van der Waals surface area contributed by atoms with E-state index in [0.717, 1.165) is 35.6 Å². The summed E-state index contributed by atoms with van der Waals surface area (Å²) in [5.74, 6) is -0.435. The van der Waals surface area contributed by atoms with Crippen molar-refractivity contribution in [2.24, 2.45) is 0 Å². The topological polar surface area (TPSA) is 100 Å². The number of halogens is 2. The Labute approximate surface area is 166 Å². The molecule has 1 aliphatic heterocycles. The Morgan fingerprint density at radius 3 is 2.79 bits per heavy atom. The molecule has 1 aromatic carbocycles. The van der Waals surface area contributed by atoms with Crippen LogP contribution in [0.2, 0.25) is 0 Å². The minimum Gasteiger partial charge on any atom is -0.396 e. The smallest absolute Gasteiger partial charge is 0.185 e. The fourth-order valence-corrected chi connectivity index (χ4v) is 3.21. The highest BCUT2D eigenvalue weighted by molar-refractivity contribution is 5.69. The molecule has 29 heavy (non-hydrogen) atoms. The number of aliphatic hydroxyl groups is 1. The van der Waals surface area contributed by atoms with Crippen LogP contribution >= 0.6 is 0 Å². The van der Waals surface area contributed by atoms with E-state index in [0.29, 0.717) is 18.8 Å². The first-order chi connectivity index (χ1) is 13.9. The minimum absolute atomic E-state index is 0.139. The highest BCUT2D eigenvalue weighted by atomic mass is 19.1. The first kappa shape index (κ1) is 19.2. The lowest BCUT2D eigenvalue weighted by Crippen LogP contribution is -2.37. The molecule has 3 aromatic rings. The first-order valence-electron chi connectivity index (χ1n) is 9.19. The average Bonchev–Trinajstić information content (AvgIpc) is 3.13. The molecular weight excluding hydrogens is 378 g/mol. The molecule has 4 rings (SSSR count). The summed E-state index contributed by atoms with van der Waals surface area (Å²) in [6, 6.07) is 6.35. The second kappa shape index (κ2) is 7.69. The lowest BCUT2D eigenvalue weighted by Gasteiger charge is -2.24. The second-order valence-electron chi connectivity index (χ2n) is 6.79. The summed E-state index contributed by atoms with van der Waals surface area (Å²) in [5, 5.41) is 13.5. The number of aryl methyl sites for hydroxylation is 1. The molecule has 150 valence electrons. The lowest BCUT2D eigenvalue weighted by molar-refractivity contribution is 0.0225. The zero-order chi connectivity index (χ0) is 20.5. The fraction of sp³-hybridized carbons (Fsp3) is 0.250. The third-order valence-electron chi connectivity index (χ3n) is 4.79. The summed E-state index contributed by atoms with van der Waals surface area (Å²) >= 11 is 0. The molecule has 0 fully saturated rings. The molecule has 3 heterocycles. The predicted molar refractivity (Wildman–Crippen MR) is 104 cm³/mol. The summed E-state index contributed by atoms with van der Waals surface area (Å²) in [6.07, 6.45) is 1.43. The van der Waals surface area contributed by atoms with E-state index in [1.54, 1.807) is 17.2 Å². The Kier molecular flexibility index (Phi) is 5.08. The van der Waals surface area contributed by atoms with Crippen molar-refractivity contribution in [2.75, 3.05) is 11.1 Å². The molecule has 2 aromatic heterocycles. The van der Waals surface area contributed by atoms with Gasteiger partial charge in [0, 0.05) is 42.9 Å². The molecular formula is C20H20F2N6O. The van der Waals surface area contributed by atoms with Crippen molar-refractivity contribution in [3.63, 3.8) is 0 Å². The van der Waals surface area contributed by atoms with E-state index in [4.69, 9.17) is 5.73 Å². The van der Waals surface area contributed by atoms with Crippen molar-refractivity contribution in [1.82, 2.24) is 19.9 Å². The maximum Gasteiger partial charge on any atom is 0.185 e. The molecule has 1 aliphatic rings. The highest BCUT2D eigenvalue weighted by Crippen LogP contribution is 2.28. The second-order valence-corrected chi connectivity index (χ2v) is 6.79. The lowest BCUT2D eigenvalue weighted by atomic mass is 10.1. The van der Waals surface area contributed by atoms with Crippen LogP contribution < -0.4 is 11.1 Å². The summed E-state index contributed by atoms with van der Waals surface area (Å²) in [4.78, 5) is 14.8. The third-order valence-corrected chi connectivity index (χ3v) is 4.79. The van der Waals surface area contributed by atoms with Crippen LogP contribution in [0.5, 0.6) is 0 Å². The number of pyridine rings is 1. The van der Waals surface area contributed by atoms with Gasteiger partial charge in [-0.15, -0.1) is 0 Å². The molecule has 0 radical (unpaired) electrons. The van der Waals surface area contributed by atoms with Crippen LogP contribution in [0.4, 0.5) is 20.3 Å². The Bertz CT molecular complexity index is 1060. The molecule has 0 spiro atoms. The van der Waals surface area contributed by atoms with Crippen molar-refractivity contribution in [3.05, 3.63) is 65.2 Å². The Morgan fingerprint density at radius 2 is 2.03 bits per heavy atom. The standard InChI is InChI=1S/C20H20F2N6O/c1-2-18-24-8-11-9-28(10-17(11)25-18)20(29)27-19-15(23)5-6-16(26-19)13-4-3-12(21)7-14(13)22/h3-8,20,29H,2,9-10,23H2,1H3,(H,26,27). The van der Waals surface area contributed by atoms with Crippen LogP contribution in [0.25, 0.3) is 11.3 Å². The van der Waals surface area contributed by atoms with Crippen molar-refractivity contribution >= 4 is 11.5 Å². The molecule has 1 unspecified atom stereocenters.